The average molecular weight is 1390 g/mol. The van der Waals surface area contributed by atoms with Crippen LogP contribution in [-0.2, 0) is 73.5 Å². The maximum atomic E-state index is 14.7. The number of carbonyl (C=O) groups excluding carboxylic acids is 12. The maximum Gasteiger partial charge on any atom is 0.328 e. The lowest BCUT2D eigenvalue weighted by atomic mass is 9.98. The molecule has 1 saturated heterocycles. The van der Waals surface area contributed by atoms with Crippen LogP contribution in [0.2, 0.25) is 0 Å². The van der Waals surface area contributed by atoms with Crippen molar-refractivity contribution < 1.29 is 87.5 Å². The molecule has 1 aliphatic heterocycles. The van der Waals surface area contributed by atoms with Crippen LogP contribution >= 0.6 is 0 Å². The average Bonchev–Trinajstić information content (AvgIpc) is 1.58. The van der Waals surface area contributed by atoms with E-state index >= 15 is 0 Å². The minimum absolute atomic E-state index is 0.0240. The Labute approximate surface area is 574 Å². The third-order valence-corrected chi connectivity index (χ3v) is 15.8. The summed E-state index contributed by atoms with van der Waals surface area (Å²) in [5, 5.41) is 66.3. The van der Waals surface area contributed by atoms with Crippen LogP contribution in [0.5, 0.6) is 0 Å². The van der Waals surface area contributed by atoms with Gasteiger partial charge in [0.1, 0.15) is 66.5 Å². The Morgan fingerprint density at radius 1 is 0.449 bits per heavy atom. The fourth-order valence-corrected chi connectivity index (χ4v) is 10.9. The molecule has 0 radical (unpaired) electrons. The minimum atomic E-state index is -1.85. The fourth-order valence-electron chi connectivity index (χ4n) is 10.9. The Kier molecular flexibility index (Phi) is 37.2. The number of aliphatic hydroxyl groups is 2. The lowest BCUT2D eigenvalue weighted by Crippen LogP contribution is -2.61. The van der Waals surface area contributed by atoms with Crippen LogP contribution in [0, 0.1) is 41.4 Å². The van der Waals surface area contributed by atoms with Crippen molar-refractivity contribution in [3.05, 3.63) is 35.9 Å². The van der Waals surface area contributed by atoms with Gasteiger partial charge in [-0.25, -0.2) is 4.79 Å². The number of nitrogens with one attached hydrogen (secondary N) is 11. The van der Waals surface area contributed by atoms with Crippen LogP contribution in [0.4, 0.5) is 0 Å². The number of hydrogen-bond donors (Lipinski definition) is 16. The summed E-state index contributed by atoms with van der Waals surface area (Å²) in [6.45, 7) is 22.2. The predicted molar refractivity (Wildman–Crippen MR) is 361 cm³/mol. The molecule has 0 spiro atoms. The highest BCUT2D eigenvalue weighted by atomic mass is 16.4. The first-order valence-electron chi connectivity index (χ1n) is 33.9. The third kappa shape index (κ3) is 30.6. The van der Waals surface area contributed by atoms with Crippen LogP contribution in [0.3, 0.4) is 0 Å². The summed E-state index contributed by atoms with van der Waals surface area (Å²) in [4.78, 5) is 191. The van der Waals surface area contributed by atoms with Gasteiger partial charge in [0.05, 0.1) is 32.2 Å². The normalized spacial score (nSPS) is 16.4. The lowest BCUT2D eigenvalue weighted by Gasteiger charge is -2.32. The Morgan fingerprint density at radius 2 is 0.837 bits per heavy atom. The second kappa shape index (κ2) is 42.5. The van der Waals surface area contributed by atoms with E-state index in [2.05, 4.69) is 53.2 Å². The van der Waals surface area contributed by atoms with E-state index in [-0.39, 0.29) is 87.0 Å². The number of nitrogens with zero attached hydrogens (tertiary/aromatic N) is 1. The first kappa shape index (κ1) is 85.8. The molecule has 12 amide bonds. The van der Waals surface area contributed by atoms with E-state index in [1.807, 2.05) is 46.9 Å². The fraction of sp³-hybridized carbons (Fsp3) is 0.701. The zero-order valence-corrected chi connectivity index (χ0v) is 59.3. The van der Waals surface area contributed by atoms with Crippen LogP contribution in [0.15, 0.2) is 30.3 Å². The van der Waals surface area contributed by atoms with Crippen molar-refractivity contribution >= 4 is 82.8 Å². The molecule has 12 atom stereocenters. The molecule has 1 fully saturated rings. The van der Waals surface area contributed by atoms with E-state index in [1.165, 1.54) is 4.90 Å². The van der Waals surface area contributed by atoms with Gasteiger partial charge in [0, 0.05) is 13.0 Å². The highest BCUT2D eigenvalue weighted by Gasteiger charge is 2.41. The molecule has 98 heavy (non-hydrogen) atoms. The van der Waals surface area contributed by atoms with E-state index < -0.39 is 187 Å². The SMILES string of the molecule is CC(C)C[C@H](NC(=O)[C@H](CC(C)C)NC(=O)[C@H](CO)NC(=O)[C@@H](NC(=O)CNC(=O)[C@H](CC(C)C)NC(=O)[C@@H]1CCCN1C(=O)[C@H](CC(C)C)NC(=O)[C@H](Cc1ccccc1)NC(=O)[C@H](CC(C)C)NC(=O)[C@@H](N)CC(C)C)C(C)C)C(=O)N[C@@H](CC(=O)O)C(=O)N[C@@H](CO)C(=O)O. The number of carboxylic acid groups (broad SMARTS) is 2. The Bertz CT molecular complexity index is 2860. The lowest BCUT2D eigenvalue weighted by molar-refractivity contribution is -0.144. The monoisotopic (exact) mass is 1390 g/mol. The summed E-state index contributed by atoms with van der Waals surface area (Å²) in [7, 11) is 0. The molecule has 1 aliphatic rings. The molecule has 17 N–H and O–H groups in total. The standard InChI is InChI=1S/C67H111N13O18/c1-34(2)23-42(68)56(86)70-44(25-36(5)6)58(88)73-47(29-41-19-16-15-17-20-41)61(91)76-49(28-39(11)12)66(96)80-22-18-21-52(80)64(94)75-43(24-35(3)4)57(87)69-31-53(83)79-55(40(13)14)65(95)77-50(32-81)63(93)72-46(27-38(9)10)59(89)71-45(26-37(7)8)60(90)74-48(30-54(84)85)62(92)78-51(33-82)67(97)98/h15-17,19-20,34-40,42-52,55,81-82H,18,21-33,68H2,1-14H3,(H,69,87)(H,70,86)(H,71,89)(H,72,93)(H,73,88)(H,74,90)(H,75,94)(H,76,91)(H,77,95)(H,78,92)(H,79,83)(H,84,85)(H,97,98)/t42-,43-,44-,45-,46-,47-,48-,49-,50-,51-,52-,55-/m0/s1. The van der Waals surface area contributed by atoms with E-state index in [9.17, 15) is 87.5 Å². The Balaban J connectivity index is 2.29. The second-order valence-electron chi connectivity index (χ2n) is 28.1. The molecule has 0 aliphatic carbocycles. The van der Waals surface area contributed by atoms with Gasteiger partial charge in [-0.3, -0.25) is 62.3 Å². The van der Waals surface area contributed by atoms with E-state index in [4.69, 9.17) is 5.73 Å². The van der Waals surface area contributed by atoms with Gasteiger partial charge >= 0.3 is 11.9 Å². The smallest absolute Gasteiger partial charge is 0.328 e. The molecule has 0 bridgehead atoms. The van der Waals surface area contributed by atoms with Gasteiger partial charge < -0.3 is 89.5 Å². The molecule has 0 aromatic heterocycles. The van der Waals surface area contributed by atoms with Gasteiger partial charge in [0.15, 0.2) is 0 Å². The van der Waals surface area contributed by atoms with Crippen molar-refractivity contribution in [2.45, 2.75) is 234 Å². The summed E-state index contributed by atoms with van der Waals surface area (Å²) in [6.07, 6.45) is 0.333. The van der Waals surface area contributed by atoms with Crippen LogP contribution in [-0.4, -0.2) is 207 Å². The van der Waals surface area contributed by atoms with Crippen LogP contribution in [0.25, 0.3) is 0 Å². The molecule has 1 aromatic carbocycles. The number of aliphatic carboxylic acids is 2. The number of aliphatic hydroxyl groups excluding tert-OH is 2. The topological polar surface area (TPSA) is 481 Å². The van der Waals surface area contributed by atoms with Gasteiger partial charge in [0.25, 0.3) is 0 Å². The molecule has 1 heterocycles. The summed E-state index contributed by atoms with van der Waals surface area (Å²) in [5.74, 6) is -14.7. The molecule has 552 valence electrons. The minimum Gasteiger partial charge on any atom is -0.481 e. The largest absolute Gasteiger partial charge is 0.481 e. The van der Waals surface area contributed by atoms with Crippen LogP contribution < -0.4 is 64.2 Å². The third-order valence-electron chi connectivity index (χ3n) is 15.8. The molecule has 1 aromatic rings. The van der Waals surface area contributed by atoms with Crippen molar-refractivity contribution in [3.63, 3.8) is 0 Å². The molecule has 31 heteroatoms. The van der Waals surface area contributed by atoms with Crippen LogP contribution in [0.1, 0.15) is 160 Å². The van der Waals surface area contributed by atoms with Crippen molar-refractivity contribution in [3.8, 4) is 0 Å². The predicted octanol–water partition coefficient (Wildman–Crippen LogP) is -1.01. The number of carbonyl (C=O) groups is 14. The summed E-state index contributed by atoms with van der Waals surface area (Å²) in [5.41, 5.74) is 6.88. The number of hydrogen-bond acceptors (Lipinski definition) is 17. The number of nitrogens with two attached hydrogens (primary N) is 1. The zero-order chi connectivity index (χ0) is 74.4. The highest BCUT2D eigenvalue weighted by molar-refractivity contribution is 6.00. The van der Waals surface area contributed by atoms with E-state index in [1.54, 1.807) is 85.7 Å². The molecule has 0 saturated carbocycles. The number of carboxylic acids is 2. The molecule has 0 unspecified atom stereocenters. The first-order chi connectivity index (χ1) is 45.8. The van der Waals surface area contributed by atoms with E-state index in [0.29, 0.717) is 18.4 Å². The van der Waals surface area contributed by atoms with Gasteiger partial charge in [-0.05, 0) is 98.4 Å². The number of rotatable bonds is 43. The molecule has 2 rings (SSSR count). The first-order valence-corrected chi connectivity index (χ1v) is 33.9. The van der Waals surface area contributed by atoms with Crippen molar-refractivity contribution in [2.24, 2.45) is 47.2 Å². The van der Waals surface area contributed by atoms with Gasteiger partial charge in [-0.15, -0.1) is 0 Å². The zero-order valence-electron chi connectivity index (χ0n) is 59.3. The molecular formula is C67H111N13O18. The van der Waals surface area contributed by atoms with Gasteiger partial charge in [0.2, 0.25) is 70.9 Å². The van der Waals surface area contributed by atoms with Gasteiger partial charge in [-0.2, -0.15) is 0 Å². The second-order valence-corrected chi connectivity index (χ2v) is 28.1. The quantitative estimate of drug-likeness (QED) is 0.0372. The number of benzene rings is 1. The van der Waals surface area contributed by atoms with Crippen molar-refractivity contribution in [1.82, 2.24) is 63.4 Å². The van der Waals surface area contributed by atoms with E-state index in [0.717, 1.165) is 0 Å². The summed E-state index contributed by atoms with van der Waals surface area (Å²) in [6, 6.07) is -7.34. The maximum absolute atomic E-state index is 14.7. The van der Waals surface area contributed by atoms with Crippen molar-refractivity contribution in [1.29, 1.82) is 0 Å². The highest BCUT2D eigenvalue weighted by Crippen LogP contribution is 2.22. The van der Waals surface area contributed by atoms with Gasteiger partial charge in [-0.1, -0.05) is 127 Å². The summed E-state index contributed by atoms with van der Waals surface area (Å²) < 4.78 is 0. The Morgan fingerprint density at radius 3 is 1.29 bits per heavy atom. The van der Waals surface area contributed by atoms with Crippen molar-refractivity contribution in [2.75, 3.05) is 26.3 Å². The summed E-state index contributed by atoms with van der Waals surface area (Å²) >= 11 is 0. The molecule has 31 nitrogen and oxygen atoms in total. The molecular weight excluding hydrogens is 1270 g/mol. The number of likely N-dealkylation sites (tertiary alicyclic amines) is 1. The number of amides is 12. The Hall–Kier alpha value is -8.32.